The number of methoxy groups -OCH3 is 2. The van der Waals surface area contributed by atoms with E-state index >= 15 is 0 Å². The van der Waals surface area contributed by atoms with Crippen molar-refractivity contribution in [2.75, 3.05) is 14.2 Å². The molecule has 0 unspecified atom stereocenters. The van der Waals surface area contributed by atoms with Gasteiger partial charge >= 0.3 is 0 Å². The van der Waals surface area contributed by atoms with Crippen molar-refractivity contribution >= 4 is 28.3 Å². The standard InChI is InChI=1S/C33H30O3S/c1-5-8-23(6-2)31(24-10-12-27(13-11-24)33(34)30-9-7-22-37-30)32(25-14-18-28(35-3)19-15-25)26-16-20-29(36-4)21-17-26/h5-22H,1-4H3. The molecule has 0 N–H and O–H groups in total. The van der Waals surface area contributed by atoms with Crippen LogP contribution in [0.15, 0.2) is 114 Å². The smallest absolute Gasteiger partial charge is 0.202 e. The van der Waals surface area contributed by atoms with Gasteiger partial charge in [0.2, 0.25) is 5.78 Å². The third-order valence-corrected chi connectivity index (χ3v) is 7.00. The molecule has 0 aliphatic heterocycles. The van der Waals surface area contributed by atoms with Crippen LogP contribution in [0.4, 0.5) is 0 Å². The third kappa shape index (κ3) is 5.82. The molecule has 0 saturated carbocycles. The van der Waals surface area contributed by atoms with Gasteiger partial charge in [0.05, 0.1) is 19.1 Å². The molecule has 0 atom stereocenters. The average Bonchev–Trinajstić information content (AvgIpc) is 3.50. The van der Waals surface area contributed by atoms with Crippen LogP contribution in [0.3, 0.4) is 0 Å². The van der Waals surface area contributed by atoms with Crippen molar-refractivity contribution in [1.82, 2.24) is 0 Å². The Labute approximate surface area is 223 Å². The van der Waals surface area contributed by atoms with Gasteiger partial charge in [0, 0.05) is 5.56 Å². The lowest BCUT2D eigenvalue weighted by Gasteiger charge is -2.19. The van der Waals surface area contributed by atoms with Crippen LogP contribution in [0.5, 0.6) is 11.5 Å². The Morgan fingerprint density at radius 1 is 0.703 bits per heavy atom. The summed E-state index contributed by atoms with van der Waals surface area (Å²) in [4.78, 5) is 13.7. The normalized spacial score (nSPS) is 11.4. The van der Waals surface area contributed by atoms with Crippen LogP contribution >= 0.6 is 11.3 Å². The van der Waals surface area contributed by atoms with E-state index in [0.717, 1.165) is 49.8 Å². The molecule has 1 aromatic heterocycles. The maximum atomic E-state index is 12.9. The molecule has 0 spiro atoms. The van der Waals surface area contributed by atoms with Crippen molar-refractivity contribution in [2.45, 2.75) is 13.8 Å². The van der Waals surface area contributed by atoms with Crippen molar-refractivity contribution < 1.29 is 14.3 Å². The van der Waals surface area contributed by atoms with Crippen LogP contribution in [-0.4, -0.2) is 20.0 Å². The highest BCUT2D eigenvalue weighted by Crippen LogP contribution is 2.38. The van der Waals surface area contributed by atoms with Crippen LogP contribution in [-0.2, 0) is 0 Å². The summed E-state index contributed by atoms with van der Waals surface area (Å²) in [5, 5.41) is 1.92. The van der Waals surface area contributed by atoms with Crippen LogP contribution < -0.4 is 9.47 Å². The lowest BCUT2D eigenvalue weighted by atomic mass is 9.85. The third-order valence-electron chi connectivity index (χ3n) is 6.13. The van der Waals surface area contributed by atoms with E-state index in [1.165, 1.54) is 11.3 Å². The van der Waals surface area contributed by atoms with Crippen molar-refractivity contribution in [3.8, 4) is 11.5 Å². The number of benzene rings is 3. The van der Waals surface area contributed by atoms with E-state index in [0.29, 0.717) is 5.56 Å². The van der Waals surface area contributed by atoms with Crippen LogP contribution in [0.1, 0.15) is 45.8 Å². The molecule has 186 valence electrons. The number of ketones is 1. The van der Waals surface area contributed by atoms with E-state index < -0.39 is 0 Å². The summed E-state index contributed by atoms with van der Waals surface area (Å²) in [6.07, 6.45) is 6.28. The van der Waals surface area contributed by atoms with Gasteiger partial charge in [-0.1, -0.05) is 72.8 Å². The zero-order valence-electron chi connectivity index (χ0n) is 21.5. The highest BCUT2D eigenvalue weighted by atomic mass is 32.1. The number of hydrogen-bond donors (Lipinski definition) is 0. The first kappa shape index (κ1) is 25.9. The van der Waals surface area contributed by atoms with Gasteiger partial charge in [0.1, 0.15) is 11.5 Å². The molecular formula is C33H30O3S. The lowest BCUT2D eigenvalue weighted by Crippen LogP contribution is -2.01. The summed E-state index contributed by atoms with van der Waals surface area (Å²) in [6.45, 7) is 4.06. The molecule has 4 aromatic rings. The fraction of sp³-hybridized carbons (Fsp3) is 0.121. The Kier molecular flexibility index (Phi) is 8.55. The monoisotopic (exact) mass is 506 g/mol. The van der Waals surface area contributed by atoms with E-state index in [-0.39, 0.29) is 5.78 Å². The van der Waals surface area contributed by atoms with Gasteiger partial charge in [-0.3, -0.25) is 4.79 Å². The fourth-order valence-electron chi connectivity index (χ4n) is 4.27. The van der Waals surface area contributed by atoms with E-state index in [2.05, 4.69) is 36.4 Å². The fourth-order valence-corrected chi connectivity index (χ4v) is 4.95. The SMILES string of the molecule is CC=CC(=CC)C(=C(c1ccc(OC)cc1)c1ccc(OC)cc1)c1ccc(C(=O)c2cccs2)cc1. The highest BCUT2D eigenvalue weighted by molar-refractivity contribution is 7.12. The lowest BCUT2D eigenvalue weighted by molar-refractivity contribution is 0.104. The maximum absolute atomic E-state index is 12.9. The Bertz CT molecular complexity index is 1370. The van der Waals surface area contributed by atoms with Crippen molar-refractivity contribution in [2.24, 2.45) is 0 Å². The maximum Gasteiger partial charge on any atom is 0.202 e. The van der Waals surface area contributed by atoms with Gasteiger partial charge in [-0.05, 0) is 83.0 Å². The number of ether oxygens (including phenoxy) is 2. The average molecular weight is 507 g/mol. The number of carbonyl (C=O) groups excluding carboxylic acids is 1. The Hall–Kier alpha value is -4.15. The number of hydrogen-bond acceptors (Lipinski definition) is 4. The predicted molar refractivity (Wildman–Crippen MR) is 155 cm³/mol. The second kappa shape index (κ2) is 12.2. The molecule has 0 radical (unpaired) electrons. The summed E-state index contributed by atoms with van der Waals surface area (Å²) in [6, 6.07) is 27.9. The molecule has 0 aliphatic rings. The molecule has 0 bridgehead atoms. The van der Waals surface area contributed by atoms with E-state index in [1.807, 2.05) is 86.0 Å². The summed E-state index contributed by atoms with van der Waals surface area (Å²) in [5.74, 6) is 1.64. The zero-order valence-corrected chi connectivity index (χ0v) is 22.3. The molecule has 1 heterocycles. The summed E-state index contributed by atoms with van der Waals surface area (Å²) < 4.78 is 10.8. The number of carbonyl (C=O) groups is 1. The predicted octanol–water partition coefficient (Wildman–Crippen LogP) is 8.48. The molecule has 4 rings (SSSR count). The first-order valence-corrected chi connectivity index (χ1v) is 13.0. The Balaban J connectivity index is 1.96. The Morgan fingerprint density at radius 2 is 1.22 bits per heavy atom. The Morgan fingerprint density at radius 3 is 1.65 bits per heavy atom. The summed E-state index contributed by atoms with van der Waals surface area (Å²) >= 11 is 1.46. The molecule has 0 amide bonds. The second-order valence-corrected chi connectivity index (χ2v) is 9.28. The zero-order chi connectivity index (χ0) is 26.2. The second-order valence-electron chi connectivity index (χ2n) is 8.33. The van der Waals surface area contributed by atoms with Gasteiger partial charge in [-0.2, -0.15) is 0 Å². The van der Waals surface area contributed by atoms with Crippen molar-refractivity contribution in [1.29, 1.82) is 0 Å². The molecular weight excluding hydrogens is 476 g/mol. The van der Waals surface area contributed by atoms with E-state index in [9.17, 15) is 4.79 Å². The van der Waals surface area contributed by atoms with E-state index in [4.69, 9.17) is 9.47 Å². The number of allylic oxidation sites excluding steroid dienone is 5. The highest BCUT2D eigenvalue weighted by Gasteiger charge is 2.18. The summed E-state index contributed by atoms with van der Waals surface area (Å²) in [7, 11) is 3.34. The van der Waals surface area contributed by atoms with Crippen LogP contribution in [0.25, 0.3) is 11.1 Å². The minimum atomic E-state index is 0.0392. The first-order chi connectivity index (χ1) is 18.1. The summed E-state index contributed by atoms with van der Waals surface area (Å²) in [5.41, 5.74) is 7.05. The number of rotatable bonds is 9. The minimum Gasteiger partial charge on any atom is -0.497 e. The molecule has 3 nitrogen and oxygen atoms in total. The van der Waals surface area contributed by atoms with Gasteiger partial charge < -0.3 is 9.47 Å². The number of thiophene rings is 1. The minimum absolute atomic E-state index is 0.0392. The van der Waals surface area contributed by atoms with Gasteiger partial charge in [0.25, 0.3) is 0 Å². The molecule has 0 fully saturated rings. The van der Waals surface area contributed by atoms with Crippen LogP contribution in [0, 0.1) is 0 Å². The molecule has 0 aliphatic carbocycles. The van der Waals surface area contributed by atoms with E-state index in [1.54, 1.807) is 14.2 Å². The van der Waals surface area contributed by atoms with Gasteiger partial charge in [-0.25, -0.2) is 0 Å². The first-order valence-electron chi connectivity index (χ1n) is 12.1. The topological polar surface area (TPSA) is 35.5 Å². The van der Waals surface area contributed by atoms with Crippen LogP contribution in [0.2, 0.25) is 0 Å². The molecule has 37 heavy (non-hydrogen) atoms. The van der Waals surface area contributed by atoms with Crippen molar-refractivity contribution in [3.05, 3.63) is 141 Å². The molecule has 0 saturated heterocycles. The van der Waals surface area contributed by atoms with Crippen molar-refractivity contribution in [3.63, 3.8) is 0 Å². The quantitative estimate of drug-likeness (QED) is 0.130. The van der Waals surface area contributed by atoms with Gasteiger partial charge in [0.15, 0.2) is 0 Å². The molecule has 3 aromatic carbocycles. The van der Waals surface area contributed by atoms with Gasteiger partial charge in [-0.15, -0.1) is 11.3 Å². The molecule has 4 heteroatoms. The largest absolute Gasteiger partial charge is 0.497 e.